The molecule has 0 aliphatic carbocycles. The van der Waals surface area contributed by atoms with Crippen LogP contribution in [0.1, 0.15) is 11.4 Å². The second-order valence-corrected chi connectivity index (χ2v) is 5.21. The van der Waals surface area contributed by atoms with Crippen molar-refractivity contribution in [3.63, 3.8) is 0 Å². The Bertz CT molecular complexity index is 779. The molecule has 1 N–H and O–H groups in total. The fourth-order valence-corrected chi connectivity index (χ4v) is 2.34. The minimum atomic E-state index is 0.707. The highest BCUT2D eigenvalue weighted by Crippen LogP contribution is 2.26. The molecule has 20 heavy (non-hydrogen) atoms. The first-order valence-corrected chi connectivity index (χ1v) is 6.77. The van der Waals surface area contributed by atoms with Gasteiger partial charge in [0.25, 0.3) is 0 Å². The van der Waals surface area contributed by atoms with Crippen LogP contribution in [0.15, 0.2) is 42.5 Å². The van der Waals surface area contributed by atoms with E-state index in [1.54, 1.807) is 0 Å². The summed E-state index contributed by atoms with van der Waals surface area (Å²) in [7, 11) is 0. The van der Waals surface area contributed by atoms with Crippen molar-refractivity contribution in [1.82, 2.24) is 9.97 Å². The summed E-state index contributed by atoms with van der Waals surface area (Å²) in [5, 5.41) is 5.09. The molecule has 0 fully saturated rings. The molecule has 3 aromatic rings. The number of aryl methyl sites for hydroxylation is 2. The Morgan fingerprint density at radius 2 is 1.75 bits per heavy atom. The van der Waals surface area contributed by atoms with Crippen molar-refractivity contribution < 1.29 is 0 Å². The second kappa shape index (κ2) is 5.10. The molecule has 100 valence electrons. The van der Waals surface area contributed by atoms with Gasteiger partial charge in [0.2, 0.25) is 0 Å². The number of hydrogen-bond acceptors (Lipinski definition) is 3. The first-order valence-electron chi connectivity index (χ1n) is 6.39. The van der Waals surface area contributed by atoms with Crippen LogP contribution in [0.5, 0.6) is 0 Å². The van der Waals surface area contributed by atoms with E-state index in [1.165, 1.54) is 0 Å². The van der Waals surface area contributed by atoms with Crippen LogP contribution in [0.4, 0.5) is 11.4 Å². The molecule has 0 unspecified atom stereocenters. The van der Waals surface area contributed by atoms with Crippen LogP contribution in [0.3, 0.4) is 0 Å². The van der Waals surface area contributed by atoms with Gasteiger partial charge in [-0.3, -0.25) is 0 Å². The highest BCUT2D eigenvalue weighted by Gasteiger charge is 2.06. The topological polar surface area (TPSA) is 37.8 Å². The zero-order valence-electron chi connectivity index (χ0n) is 11.3. The van der Waals surface area contributed by atoms with Gasteiger partial charge in [0, 0.05) is 27.5 Å². The molecule has 3 rings (SSSR count). The third kappa shape index (κ3) is 2.58. The summed E-state index contributed by atoms with van der Waals surface area (Å²) < 4.78 is 0. The molecule has 2 aromatic heterocycles. The molecule has 0 atom stereocenters. The number of fused-ring (bicyclic) bond motifs is 1. The number of rotatable bonds is 2. The van der Waals surface area contributed by atoms with Gasteiger partial charge < -0.3 is 5.32 Å². The van der Waals surface area contributed by atoms with Crippen LogP contribution in [0.2, 0.25) is 5.02 Å². The molecule has 0 aliphatic rings. The van der Waals surface area contributed by atoms with Crippen LogP contribution in [0, 0.1) is 13.8 Å². The average Bonchev–Trinajstić information content (AvgIpc) is 2.37. The van der Waals surface area contributed by atoms with Gasteiger partial charge in [0.05, 0.1) is 5.69 Å². The molecule has 4 heteroatoms. The van der Waals surface area contributed by atoms with E-state index in [2.05, 4.69) is 15.3 Å². The number of halogens is 1. The highest BCUT2D eigenvalue weighted by molar-refractivity contribution is 6.30. The maximum absolute atomic E-state index is 6.02. The van der Waals surface area contributed by atoms with Crippen molar-refractivity contribution in [2.75, 3.05) is 5.32 Å². The van der Waals surface area contributed by atoms with E-state index in [9.17, 15) is 0 Å². The fraction of sp³-hybridized carbons (Fsp3) is 0.125. The van der Waals surface area contributed by atoms with Crippen LogP contribution in [-0.2, 0) is 0 Å². The van der Waals surface area contributed by atoms with Crippen LogP contribution in [0.25, 0.3) is 11.0 Å². The molecule has 0 spiro atoms. The molecule has 0 radical (unpaired) electrons. The van der Waals surface area contributed by atoms with Gasteiger partial charge in [-0.25, -0.2) is 9.97 Å². The summed E-state index contributed by atoms with van der Waals surface area (Å²) in [6.45, 7) is 3.93. The summed E-state index contributed by atoms with van der Waals surface area (Å²) in [6.07, 6.45) is 0. The SMILES string of the molecule is Cc1ccc2c(Nc3cccc(Cl)c3)cc(C)nc2n1. The van der Waals surface area contributed by atoms with Crippen molar-refractivity contribution in [2.45, 2.75) is 13.8 Å². The summed E-state index contributed by atoms with van der Waals surface area (Å²) in [4.78, 5) is 8.96. The molecule has 0 amide bonds. The summed E-state index contributed by atoms with van der Waals surface area (Å²) in [5.74, 6) is 0. The first-order chi connectivity index (χ1) is 9.61. The molecule has 1 aromatic carbocycles. The zero-order valence-corrected chi connectivity index (χ0v) is 12.1. The van der Waals surface area contributed by atoms with E-state index in [-0.39, 0.29) is 0 Å². The molecular weight excluding hydrogens is 270 g/mol. The van der Waals surface area contributed by atoms with Crippen molar-refractivity contribution in [2.24, 2.45) is 0 Å². The lowest BCUT2D eigenvalue weighted by molar-refractivity contribution is 1.16. The summed E-state index contributed by atoms with van der Waals surface area (Å²) in [6, 6.07) is 13.7. The van der Waals surface area contributed by atoms with E-state index >= 15 is 0 Å². The molecule has 3 nitrogen and oxygen atoms in total. The number of anilines is 2. The Kier molecular flexibility index (Phi) is 3.28. The number of hydrogen-bond donors (Lipinski definition) is 1. The van der Waals surface area contributed by atoms with Crippen molar-refractivity contribution >= 4 is 34.0 Å². The summed E-state index contributed by atoms with van der Waals surface area (Å²) >= 11 is 6.02. The number of nitrogens with zero attached hydrogens (tertiary/aromatic N) is 2. The predicted octanol–water partition coefficient (Wildman–Crippen LogP) is 4.64. The number of aromatic nitrogens is 2. The quantitative estimate of drug-likeness (QED) is 0.744. The fourth-order valence-electron chi connectivity index (χ4n) is 2.15. The van der Waals surface area contributed by atoms with Gasteiger partial charge in [-0.15, -0.1) is 0 Å². The molecular formula is C16H14ClN3. The Balaban J connectivity index is 2.11. The van der Waals surface area contributed by atoms with Crippen molar-refractivity contribution in [3.05, 3.63) is 58.9 Å². The van der Waals surface area contributed by atoms with Gasteiger partial charge in [0.15, 0.2) is 5.65 Å². The lowest BCUT2D eigenvalue weighted by atomic mass is 10.2. The number of benzene rings is 1. The lowest BCUT2D eigenvalue weighted by Crippen LogP contribution is -1.96. The third-order valence-corrected chi connectivity index (χ3v) is 3.28. The summed E-state index contributed by atoms with van der Waals surface area (Å²) in [5.41, 5.74) is 4.59. The molecule has 2 heterocycles. The largest absolute Gasteiger partial charge is 0.355 e. The Morgan fingerprint density at radius 3 is 2.55 bits per heavy atom. The first kappa shape index (κ1) is 12.9. The molecule has 0 saturated heterocycles. The molecule has 0 bridgehead atoms. The van der Waals surface area contributed by atoms with Crippen LogP contribution >= 0.6 is 11.6 Å². The Labute approximate surface area is 122 Å². The van der Waals surface area contributed by atoms with Gasteiger partial charge in [0.1, 0.15) is 0 Å². The third-order valence-electron chi connectivity index (χ3n) is 3.04. The van der Waals surface area contributed by atoms with E-state index < -0.39 is 0 Å². The maximum Gasteiger partial charge on any atom is 0.161 e. The van der Waals surface area contributed by atoms with Gasteiger partial charge in [-0.1, -0.05) is 17.7 Å². The zero-order chi connectivity index (χ0) is 14.1. The highest BCUT2D eigenvalue weighted by atomic mass is 35.5. The number of nitrogens with one attached hydrogen (secondary N) is 1. The minimum absolute atomic E-state index is 0.707. The Morgan fingerprint density at radius 1 is 0.950 bits per heavy atom. The smallest absolute Gasteiger partial charge is 0.161 e. The normalized spacial score (nSPS) is 10.8. The van der Waals surface area contributed by atoms with Crippen LogP contribution < -0.4 is 5.32 Å². The van der Waals surface area contributed by atoms with Crippen molar-refractivity contribution in [3.8, 4) is 0 Å². The van der Waals surface area contributed by atoms with E-state index in [4.69, 9.17) is 11.6 Å². The van der Waals surface area contributed by atoms with Gasteiger partial charge in [-0.2, -0.15) is 0 Å². The number of pyridine rings is 2. The lowest BCUT2D eigenvalue weighted by Gasteiger charge is -2.11. The second-order valence-electron chi connectivity index (χ2n) is 4.77. The monoisotopic (exact) mass is 283 g/mol. The average molecular weight is 284 g/mol. The minimum Gasteiger partial charge on any atom is -0.355 e. The molecule has 0 aliphatic heterocycles. The van der Waals surface area contributed by atoms with E-state index in [0.717, 1.165) is 33.8 Å². The van der Waals surface area contributed by atoms with E-state index in [0.29, 0.717) is 5.02 Å². The Hall–Kier alpha value is -2.13. The van der Waals surface area contributed by atoms with Gasteiger partial charge in [-0.05, 0) is 50.2 Å². The van der Waals surface area contributed by atoms with E-state index in [1.807, 2.05) is 56.3 Å². The van der Waals surface area contributed by atoms with Crippen molar-refractivity contribution in [1.29, 1.82) is 0 Å². The van der Waals surface area contributed by atoms with Crippen LogP contribution in [-0.4, -0.2) is 9.97 Å². The molecule has 0 saturated carbocycles. The van der Waals surface area contributed by atoms with Gasteiger partial charge >= 0.3 is 0 Å². The standard InChI is InChI=1S/C16H14ClN3/c1-10-6-7-14-15(8-11(2)19-16(14)18-10)20-13-5-3-4-12(17)9-13/h3-9H,1-2H3,(H,18,19,20). The predicted molar refractivity (Wildman–Crippen MR) is 83.7 cm³/mol. The maximum atomic E-state index is 6.02.